The highest BCUT2D eigenvalue weighted by atomic mass is 32.2. The number of benzene rings is 1. The number of non-ortho nitro benzene ring substituents is 1. The van der Waals surface area contributed by atoms with E-state index >= 15 is 0 Å². The van der Waals surface area contributed by atoms with Crippen LogP contribution in [0.25, 0.3) is 10.2 Å². The molecule has 2 aromatic heterocycles. The number of thiophene rings is 1. The van der Waals surface area contributed by atoms with Gasteiger partial charge in [0, 0.05) is 18.3 Å². The van der Waals surface area contributed by atoms with Crippen LogP contribution in [-0.2, 0) is 0 Å². The van der Waals surface area contributed by atoms with Gasteiger partial charge in [0.2, 0.25) is 0 Å². The molecule has 0 aliphatic carbocycles. The summed E-state index contributed by atoms with van der Waals surface area (Å²) in [7, 11) is 0. The Bertz CT molecular complexity index is 866. The van der Waals surface area contributed by atoms with E-state index in [1.54, 1.807) is 24.0 Å². The first kappa shape index (κ1) is 14.7. The van der Waals surface area contributed by atoms with Crippen LogP contribution in [0.4, 0.5) is 10.1 Å². The maximum atomic E-state index is 13.9. The normalized spacial score (nSPS) is 10.8. The Kier molecular flexibility index (Phi) is 3.95. The summed E-state index contributed by atoms with van der Waals surface area (Å²) >= 11 is 3.09. The Labute approximate surface area is 132 Å². The van der Waals surface area contributed by atoms with Crippen molar-refractivity contribution in [3.8, 4) is 11.5 Å². The number of fused-ring (bicyclic) bond motifs is 1. The molecule has 3 aromatic rings. The third kappa shape index (κ3) is 2.75. The van der Waals surface area contributed by atoms with Crippen LogP contribution < -0.4 is 4.74 Å². The maximum Gasteiger partial charge on any atom is 0.272 e. The van der Waals surface area contributed by atoms with Gasteiger partial charge in [0.25, 0.3) is 5.69 Å². The average Bonchev–Trinajstić information content (AvgIpc) is 2.93. The number of hydrogen-bond donors (Lipinski definition) is 0. The summed E-state index contributed by atoms with van der Waals surface area (Å²) in [5, 5.41) is 10.6. The number of aromatic nitrogens is 1. The fourth-order valence-corrected chi connectivity index (χ4v) is 3.49. The molecule has 1 aromatic carbocycles. The smallest absolute Gasteiger partial charge is 0.272 e. The van der Waals surface area contributed by atoms with Gasteiger partial charge < -0.3 is 4.74 Å². The van der Waals surface area contributed by atoms with Crippen LogP contribution in [0, 0.1) is 15.9 Å². The standard InChI is InChI=1S/C14H9FN2O3S2/c1-21-13-7-10-14(22-13)12(4-5-16-10)20-11-3-2-8(17(18)19)6-9(11)15/h2-7H,1H3. The fraction of sp³-hybridized carbons (Fsp3) is 0.0714. The van der Waals surface area contributed by atoms with Crippen LogP contribution in [0.15, 0.2) is 40.7 Å². The van der Waals surface area contributed by atoms with Crippen LogP contribution in [0.5, 0.6) is 11.5 Å². The number of ether oxygens (including phenoxy) is 1. The van der Waals surface area contributed by atoms with E-state index in [0.717, 1.165) is 20.5 Å². The summed E-state index contributed by atoms with van der Waals surface area (Å²) in [6.07, 6.45) is 3.54. The van der Waals surface area contributed by atoms with Crippen LogP contribution in [0.3, 0.4) is 0 Å². The SMILES string of the molecule is CSc1cc2nccc(Oc3ccc([N+](=O)[O-])cc3F)c2s1. The van der Waals surface area contributed by atoms with E-state index in [1.807, 2.05) is 12.3 Å². The quantitative estimate of drug-likeness (QED) is 0.387. The Hall–Kier alpha value is -2.19. The van der Waals surface area contributed by atoms with E-state index in [2.05, 4.69) is 4.98 Å². The largest absolute Gasteiger partial charge is 0.453 e. The van der Waals surface area contributed by atoms with Crippen molar-refractivity contribution >= 4 is 39.0 Å². The predicted molar refractivity (Wildman–Crippen MR) is 84.5 cm³/mol. The van der Waals surface area contributed by atoms with Gasteiger partial charge in [-0.15, -0.1) is 23.1 Å². The minimum absolute atomic E-state index is 0.0581. The summed E-state index contributed by atoms with van der Waals surface area (Å²) in [5.41, 5.74) is 0.458. The number of nitrogens with zero attached hydrogens (tertiary/aromatic N) is 2. The molecule has 22 heavy (non-hydrogen) atoms. The minimum atomic E-state index is -0.777. The molecule has 0 bridgehead atoms. The van der Waals surface area contributed by atoms with E-state index in [-0.39, 0.29) is 11.4 Å². The van der Waals surface area contributed by atoms with Crippen molar-refractivity contribution in [2.45, 2.75) is 4.21 Å². The monoisotopic (exact) mass is 336 g/mol. The Morgan fingerprint density at radius 2 is 2.14 bits per heavy atom. The molecular formula is C14H9FN2O3S2. The summed E-state index contributed by atoms with van der Waals surface area (Å²) in [4.78, 5) is 14.2. The van der Waals surface area contributed by atoms with Crippen molar-refractivity contribution in [1.29, 1.82) is 0 Å². The number of nitro benzene ring substituents is 1. The number of hydrogen-bond acceptors (Lipinski definition) is 6. The van der Waals surface area contributed by atoms with E-state index in [9.17, 15) is 14.5 Å². The van der Waals surface area contributed by atoms with E-state index in [1.165, 1.54) is 23.5 Å². The molecule has 0 radical (unpaired) electrons. The van der Waals surface area contributed by atoms with Gasteiger partial charge in [0.05, 0.1) is 25.4 Å². The lowest BCUT2D eigenvalue weighted by Gasteiger charge is -2.07. The second kappa shape index (κ2) is 5.90. The zero-order valence-corrected chi connectivity index (χ0v) is 12.9. The zero-order valence-electron chi connectivity index (χ0n) is 11.3. The lowest BCUT2D eigenvalue weighted by Crippen LogP contribution is -1.92. The van der Waals surface area contributed by atoms with Crippen molar-refractivity contribution in [3.05, 3.63) is 52.5 Å². The highest BCUT2D eigenvalue weighted by Gasteiger charge is 2.14. The molecule has 0 atom stereocenters. The molecule has 112 valence electrons. The molecule has 3 rings (SSSR count). The van der Waals surface area contributed by atoms with Gasteiger partial charge in [-0.25, -0.2) is 4.39 Å². The Balaban J connectivity index is 1.99. The van der Waals surface area contributed by atoms with Gasteiger partial charge in [0.15, 0.2) is 11.6 Å². The van der Waals surface area contributed by atoms with E-state index in [0.29, 0.717) is 5.75 Å². The molecule has 2 heterocycles. The van der Waals surface area contributed by atoms with Crippen molar-refractivity contribution in [2.75, 3.05) is 6.26 Å². The lowest BCUT2D eigenvalue weighted by molar-refractivity contribution is -0.385. The van der Waals surface area contributed by atoms with Crippen molar-refractivity contribution in [3.63, 3.8) is 0 Å². The molecule has 0 amide bonds. The van der Waals surface area contributed by atoms with Gasteiger partial charge in [0.1, 0.15) is 5.75 Å². The average molecular weight is 336 g/mol. The van der Waals surface area contributed by atoms with Crippen molar-refractivity contribution in [2.24, 2.45) is 0 Å². The summed E-state index contributed by atoms with van der Waals surface area (Å²) in [6.45, 7) is 0. The molecule has 0 fully saturated rings. The zero-order chi connectivity index (χ0) is 15.7. The molecular weight excluding hydrogens is 327 g/mol. The first-order valence-corrected chi connectivity index (χ1v) is 8.17. The minimum Gasteiger partial charge on any atom is -0.453 e. The van der Waals surface area contributed by atoms with Gasteiger partial charge in [-0.1, -0.05) is 0 Å². The van der Waals surface area contributed by atoms with Gasteiger partial charge in [-0.2, -0.15) is 0 Å². The number of thioether (sulfide) groups is 1. The van der Waals surface area contributed by atoms with Crippen molar-refractivity contribution in [1.82, 2.24) is 4.98 Å². The van der Waals surface area contributed by atoms with Crippen LogP contribution in [0.2, 0.25) is 0 Å². The van der Waals surface area contributed by atoms with E-state index in [4.69, 9.17) is 4.74 Å². The van der Waals surface area contributed by atoms with Crippen LogP contribution in [0.1, 0.15) is 0 Å². The molecule has 5 nitrogen and oxygen atoms in total. The van der Waals surface area contributed by atoms with Gasteiger partial charge in [-0.3, -0.25) is 15.1 Å². The Morgan fingerprint density at radius 1 is 1.32 bits per heavy atom. The summed E-state index contributed by atoms with van der Waals surface area (Å²) < 4.78 is 21.4. The third-order valence-corrected chi connectivity index (χ3v) is 5.10. The predicted octanol–water partition coefficient (Wildman–Crippen LogP) is 4.86. The highest BCUT2D eigenvalue weighted by Crippen LogP contribution is 2.38. The van der Waals surface area contributed by atoms with Gasteiger partial charge >= 0.3 is 0 Å². The number of pyridine rings is 1. The van der Waals surface area contributed by atoms with E-state index < -0.39 is 10.7 Å². The summed E-state index contributed by atoms with van der Waals surface area (Å²) in [5.74, 6) is -0.360. The molecule has 0 N–H and O–H groups in total. The van der Waals surface area contributed by atoms with Crippen molar-refractivity contribution < 1.29 is 14.1 Å². The maximum absolute atomic E-state index is 13.9. The molecule has 0 spiro atoms. The number of halogens is 1. The molecule has 0 aliphatic rings. The second-order valence-electron chi connectivity index (χ2n) is 4.27. The van der Waals surface area contributed by atoms with Crippen LogP contribution in [-0.4, -0.2) is 16.2 Å². The Morgan fingerprint density at radius 3 is 2.82 bits per heavy atom. The molecule has 0 aliphatic heterocycles. The van der Waals surface area contributed by atoms with Crippen LogP contribution >= 0.6 is 23.1 Å². The fourth-order valence-electron chi connectivity index (χ4n) is 1.88. The second-order valence-corrected chi connectivity index (χ2v) is 6.43. The summed E-state index contributed by atoms with van der Waals surface area (Å²) in [6, 6.07) is 6.88. The van der Waals surface area contributed by atoms with Gasteiger partial charge in [-0.05, 0) is 18.4 Å². The number of rotatable bonds is 4. The molecule has 0 saturated heterocycles. The first-order chi connectivity index (χ1) is 10.6. The highest BCUT2D eigenvalue weighted by molar-refractivity contribution is 8.00. The number of nitro groups is 1. The topological polar surface area (TPSA) is 65.3 Å². The molecule has 0 saturated carbocycles. The molecule has 8 heteroatoms. The molecule has 0 unspecified atom stereocenters. The lowest BCUT2D eigenvalue weighted by atomic mass is 10.3. The third-order valence-electron chi connectivity index (χ3n) is 2.90. The first-order valence-electron chi connectivity index (χ1n) is 6.13.